The third-order valence-corrected chi connectivity index (χ3v) is 2.83. The Labute approximate surface area is 120 Å². The van der Waals surface area contributed by atoms with E-state index in [4.69, 9.17) is 4.74 Å². The number of ether oxygens (including phenoxy) is 1. The monoisotopic (exact) mass is 277 g/mol. The summed E-state index contributed by atoms with van der Waals surface area (Å²) in [5.74, 6) is -0.279. The first-order chi connectivity index (χ1) is 8.63. The average Bonchev–Trinajstić information content (AvgIpc) is 2.40. The summed E-state index contributed by atoms with van der Waals surface area (Å²) in [6, 6.07) is 0. The molecule has 118 valence electrons. The lowest BCUT2D eigenvalue weighted by atomic mass is 9.95. The summed E-state index contributed by atoms with van der Waals surface area (Å²) in [7, 11) is 1.92. The first-order valence-corrected chi connectivity index (χ1v) is 7.11. The van der Waals surface area contributed by atoms with E-state index in [9.17, 15) is 9.90 Å². The maximum atomic E-state index is 10.7. The van der Waals surface area contributed by atoms with Crippen LogP contribution in [0.2, 0.25) is 0 Å². The summed E-state index contributed by atoms with van der Waals surface area (Å²) in [5.41, 5.74) is -0.623. The average molecular weight is 277 g/mol. The second-order valence-electron chi connectivity index (χ2n) is 5.12. The van der Waals surface area contributed by atoms with Crippen LogP contribution in [0.4, 0.5) is 0 Å². The first-order valence-electron chi connectivity index (χ1n) is 7.11. The molecule has 0 aliphatic heterocycles. The molecule has 1 N–H and O–H groups in total. The number of aliphatic hydroxyl groups is 1. The third-order valence-electron chi connectivity index (χ3n) is 2.83. The van der Waals surface area contributed by atoms with Crippen molar-refractivity contribution in [1.82, 2.24) is 4.90 Å². The molecule has 0 unspecified atom stereocenters. The fourth-order valence-corrected chi connectivity index (χ4v) is 1.30. The summed E-state index contributed by atoms with van der Waals surface area (Å²) in [6.45, 7) is 17.6. The van der Waals surface area contributed by atoms with Crippen molar-refractivity contribution in [2.45, 2.75) is 73.4 Å². The highest BCUT2D eigenvalue weighted by atomic mass is 16.5. The van der Waals surface area contributed by atoms with Crippen molar-refractivity contribution >= 4 is 5.97 Å². The van der Waals surface area contributed by atoms with Gasteiger partial charge in [0.05, 0.1) is 6.61 Å². The van der Waals surface area contributed by atoms with Crippen molar-refractivity contribution in [2.24, 2.45) is 0 Å². The van der Waals surface area contributed by atoms with Gasteiger partial charge in [0.1, 0.15) is 6.61 Å². The van der Waals surface area contributed by atoms with E-state index < -0.39 is 0 Å². The minimum atomic E-state index is -0.330. The molecule has 0 heterocycles. The van der Waals surface area contributed by atoms with E-state index in [1.165, 1.54) is 6.92 Å². The second kappa shape index (κ2) is 11.2. The van der Waals surface area contributed by atoms with Gasteiger partial charge in [0.25, 0.3) is 0 Å². The number of hydrogen-bond donors (Lipinski definition) is 1. The highest BCUT2D eigenvalue weighted by Crippen LogP contribution is 2.23. The molecule has 19 heavy (non-hydrogen) atoms. The fraction of sp³-hybridized carbons (Fsp3) is 0.933. The minimum absolute atomic E-state index is 0.0625. The van der Waals surface area contributed by atoms with Crippen molar-refractivity contribution < 1.29 is 14.6 Å². The highest BCUT2D eigenvalue weighted by Gasteiger charge is 2.35. The highest BCUT2D eigenvalue weighted by molar-refractivity contribution is 5.65. The summed E-state index contributed by atoms with van der Waals surface area (Å²) < 4.78 is 5.01. The maximum Gasteiger partial charge on any atom is 0.302 e. The number of carbonyl (C=O) groups is 1. The first kappa shape index (κ1) is 23.5. The Hall–Kier alpha value is -0.610. The van der Waals surface area contributed by atoms with Gasteiger partial charge in [-0.15, -0.1) is 0 Å². The number of rotatable bonds is 5. The van der Waals surface area contributed by atoms with Gasteiger partial charge in [-0.05, 0) is 34.7 Å². The Bertz CT molecular complexity index is 225. The van der Waals surface area contributed by atoms with Crippen molar-refractivity contribution in [2.75, 3.05) is 20.3 Å². The maximum absolute atomic E-state index is 10.7. The Morgan fingerprint density at radius 2 is 1.42 bits per heavy atom. The molecule has 0 saturated carbocycles. The lowest BCUT2D eigenvalue weighted by Crippen LogP contribution is -2.57. The predicted molar refractivity (Wildman–Crippen MR) is 82.3 cm³/mol. The Morgan fingerprint density at radius 3 is 1.68 bits per heavy atom. The van der Waals surface area contributed by atoms with Crippen molar-refractivity contribution in [1.29, 1.82) is 0 Å². The molecule has 4 nitrogen and oxygen atoms in total. The van der Waals surface area contributed by atoms with E-state index >= 15 is 0 Å². The van der Waals surface area contributed by atoms with Gasteiger partial charge < -0.3 is 9.84 Å². The molecule has 0 radical (unpaired) electrons. The van der Waals surface area contributed by atoms with Gasteiger partial charge in [0.15, 0.2) is 0 Å². The van der Waals surface area contributed by atoms with E-state index in [0.29, 0.717) is 6.61 Å². The molecule has 0 bridgehead atoms. The van der Waals surface area contributed by atoms with Crippen LogP contribution in [0.25, 0.3) is 0 Å². The molecule has 0 aromatic heterocycles. The van der Waals surface area contributed by atoms with Crippen LogP contribution >= 0.6 is 0 Å². The van der Waals surface area contributed by atoms with Crippen LogP contribution in [-0.4, -0.2) is 47.3 Å². The van der Waals surface area contributed by atoms with Crippen LogP contribution in [0, 0.1) is 0 Å². The molecule has 0 atom stereocenters. The van der Waals surface area contributed by atoms with Gasteiger partial charge in [0, 0.05) is 18.0 Å². The molecule has 0 fully saturated rings. The van der Waals surface area contributed by atoms with Crippen molar-refractivity contribution in [3.05, 3.63) is 0 Å². The largest absolute Gasteiger partial charge is 0.464 e. The number of carbonyl (C=O) groups excluding carboxylic acids is 1. The van der Waals surface area contributed by atoms with E-state index in [1.54, 1.807) is 0 Å². The topological polar surface area (TPSA) is 49.8 Å². The van der Waals surface area contributed by atoms with E-state index in [0.717, 1.165) is 0 Å². The van der Waals surface area contributed by atoms with Gasteiger partial charge in [-0.2, -0.15) is 0 Å². The van der Waals surface area contributed by atoms with Gasteiger partial charge in [-0.3, -0.25) is 9.69 Å². The molecule has 0 aliphatic rings. The second-order valence-corrected chi connectivity index (χ2v) is 5.12. The van der Waals surface area contributed by atoms with Gasteiger partial charge in [-0.25, -0.2) is 0 Å². The summed E-state index contributed by atoms with van der Waals surface area (Å²) >= 11 is 0. The number of likely N-dealkylation sites (N-methyl/N-ethyl adjacent to an activating group) is 1. The fourth-order valence-electron chi connectivity index (χ4n) is 1.30. The normalized spacial score (nSPS) is 10.9. The van der Waals surface area contributed by atoms with Crippen LogP contribution in [0.3, 0.4) is 0 Å². The number of aliphatic hydroxyl groups excluding tert-OH is 1. The molecule has 0 spiro atoms. The molecule has 0 saturated heterocycles. The number of esters is 1. The molecule has 0 aromatic rings. The molecular weight excluding hydrogens is 242 g/mol. The number of nitrogens with zero attached hydrogens (tertiary/aromatic N) is 1. The quantitative estimate of drug-likeness (QED) is 0.785. The molecule has 4 heteroatoms. The zero-order valence-electron chi connectivity index (χ0n) is 14.6. The van der Waals surface area contributed by atoms with E-state index in [2.05, 4.69) is 0 Å². The Balaban J connectivity index is -0.000000579. The minimum Gasteiger partial charge on any atom is -0.464 e. The molecule has 0 amide bonds. The van der Waals surface area contributed by atoms with Crippen LogP contribution in [0.15, 0.2) is 0 Å². The zero-order chi connectivity index (χ0) is 16.3. The van der Waals surface area contributed by atoms with Crippen LogP contribution in [-0.2, 0) is 9.53 Å². The molecular formula is C15H35NO3. The number of hydrogen-bond acceptors (Lipinski definition) is 4. The van der Waals surface area contributed by atoms with Gasteiger partial charge >= 0.3 is 5.97 Å². The Morgan fingerprint density at radius 1 is 1.05 bits per heavy atom. The standard InChI is InChI=1S/C11H23NO3.2C2H6/c1-9(14)15-8-11(4,5)12(6)10(2,3)7-13;2*1-2/h13H,7-8H2,1-6H3;2*1-2H3. The van der Waals surface area contributed by atoms with E-state index in [1.807, 2.05) is 67.3 Å². The molecule has 0 aromatic carbocycles. The predicted octanol–water partition coefficient (Wildman–Crippen LogP) is 3.08. The lowest BCUT2D eigenvalue weighted by Gasteiger charge is -2.44. The smallest absolute Gasteiger partial charge is 0.302 e. The third kappa shape index (κ3) is 9.91. The van der Waals surface area contributed by atoms with Gasteiger partial charge in [0.2, 0.25) is 0 Å². The SMILES string of the molecule is CC.CC.CC(=O)OCC(C)(C)N(C)C(C)(C)CO. The van der Waals surface area contributed by atoms with Crippen LogP contribution in [0.5, 0.6) is 0 Å². The van der Waals surface area contributed by atoms with Crippen molar-refractivity contribution in [3.63, 3.8) is 0 Å². The lowest BCUT2D eigenvalue weighted by molar-refractivity contribution is -0.146. The van der Waals surface area contributed by atoms with E-state index in [-0.39, 0.29) is 23.7 Å². The van der Waals surface area contributed by atoms with Crippen LogP contribution < -0.4 is 0 Å². The Kier molecular flexibility index (Phi) is 13.9. The molecule has 0 rings (SSSR count). The summed E-state index contributed by atoms with van der Waals surface area (Å²) in [4.78, 5) is 12.8. The molecule has 0 aliphatic carbocycles. The summed E-state index contributed by atoms with van der Waals surface area (Å²) in [5, 5.41) is 9.26. The van der Waals surface area contributed by atoms with Gasteiger partial charge in [-0.1, -0.05) is 27.7 Å². The summed E-state index contributed by atoms with van der Waals surface area (Å²) in [6.07, 6.45) is 0. The zero-order valence-corrected chi connectivity index (χ0v) is 14.6. The van der Waals surface area contributed by atoms with Crippen molar-refractivity contribution in [3.8, 4) is 0 Å². The van der Waals surface area contributed by atoms with Crippen LogP contribution in [0.1, 0.15) is 62.3 Å².